The molecule has 0 bridgehead atoms. The van der Waals surface area contributed by atoms with Crippen LogP contribution < -0.4 is 10.2 Å². The van der Waals surface area contributed by atoms with Crippen LogP contribution in [0.3, 0.4) is 0 Å². The molecule has 1 fully saturated rings. The molecule has 0 amide bonds. The van der Waals surface area contributed by atoms with Crippen LogP contribution in [0.2, 0.25) is 0 Å². The van der Waals surface area contributed by atoms with Gasteiger partial charge in [0, 0.05) is 13.1 Å². The van der Waals surface area contributed by atoms with Gasteiger partial charge in [0.2, 0.25) is 5.95 Å². The Labute approximate surface area is 88.5 Å². The van der Waals surface area contributed by atoms with Crippen molar-refractivity contribution in [3.8, 4) is 0 Å². The van der Waals surface area contributed by atoms with Crippen molar-refractivity contribution >= 4 is 5.95 Å². The summed E-state index contributed by atoms with van der Waals surface area (Å²) in [4.78, 5) is 10.0. The number of hydrogen-bond donors (Lipinski definition) is 1. The van der Waals surface area contributed by atoms with Gasteiger partial charge < -0.3 is 10.2 Å². The zero-order valence-electron chi connectivity index (χ0n) is 8.78. The van der Waals surface area contributed by atoms with E-state index >= 15 is 0 Å². The smallest absolute Gasteiger partial charge is 0.225 e. The van der Waals surface area contributed by atoms with Gasteiger partial charge >= 0.3 is 0 Å². The van der Waals surface area contributed by atoms with Crippen LogP contribution >= 0.6 is 0 Å². The molecule has 1 aliphatic heterocycles. The summed E-state index contributed by atoms with van der Waals surface area (Å²) >= 11 is 0. The van der Waals surface area contributed by atoms with Crippen molar-refractivity contribution in [2.45, 2.75) is 6.42 Å². The largest absolute Gasteiger partial charge is 0.340 e. The molecule has 1 N–H and O–H groups in total. The molecule has 1 atom stereocenters. The third-order valence-electron chi connectivity index (χ3n) is 2.67. The van der Waals surface area contributed by atoms with Gasteiger partial charge in [-0.3, -0.25) is 0 Å². The molecule has 0 aliphatic carbocycles. The molecule has 2 rings (SSSR count). The lowest BCUT2D eigenvalue weighted by molar-refractivity contribution is 0.548. The normalized spacial score (nSPS) is 20.9. The summed E-state index contributed by atoms with van der Waals surface area (Å²) in [5.74, 6) is 0.892. The maximum absolute atomic E-state index is 12.6. The van der Waals surface area contributed by atoms with Crippen molar-refractivity contribution in [2.75, 3.05) is 31.6 Å². The minimum atomic E-state index is -0.385. The van der Waals surface area contributed by atoms with Crippen molar-refractivity contribution in [3.63, 3.8) is 0 Å². The molecule has 0 radical (unpaired) electrons. The minimum Gasteiger partial charge on any atom is -0.340 e. The maximum Gasteiger partial charge on any atom is 0.225 e. The average molecular weight is 210 g/mol. The Bertz CT molecular complexity index is 314. The van der Waals surface area contributed by atoms with Crippen LogP contribution in [-0.4, -0.2) is 36.6 Å². The molecule has 1 aromatic heterocycles. The molecule has 1 aromatic rings. The highest BCUT2D eigenvalue weighted by Crippen LogP contribution is 2.19. The molecular weight excluding hydrogens is 195 g/mol. The van der Waals surface area contributed by atoms with Gasteiger partial charge in [-0.05, 0) is 25.9 Å². The first-order valence-electron chi connectivity index (χ1n) is 5.16. The summed E-state index contributed by atoms with van der Waals surface area (Å²) in [6, 6.07) is 0. The molecule has 1 unspecified atom stereocenters. The Morgan fingerprint density at radius 2 is 2.27 bits per heavy atom. The number of aromatic nitrogens is 2. The number of anilines is 1. The second kappa shape index (κ2) is 4.53. The number of rotatable bonds is 3. The summed E-state index contributed by atoms with van der Waals surface area (Å²) < 4.78 is 12.6. The molecule has 0 saturated carbocycles. The van der Waals surface area contributed by atoms with E-state index in [9.17, 15) is 4.39 Å². The molecular formula is C10H15FN4. The zero-order valence-corrected chi connectivity index (χ0v) is 8.78. The lowest BCUT2D eigenvalue weighted by atomic mass is 10.1. The van der Waals surface area contributed by atoms with E-state index in [4.69, 9.17) is 0 Å². The molecule has 4 nitrogen and oxygen atoms in total. The van der Waals surface area contributed by atoms with E-state index in [1.807, 2.05) is 7.05 Å². The topological polar surface area (TPSA) is 41.0 Å². The van der Waals surface area contributed by atoms with E-state index in [0.717, 1.165) is 26.1 Å². The van der Waals surface area contributed by atoms with Crippen LogP contribution in [0.1, 0.15) is 6.42 Å². The van der Waals surface area contributed by atoms with Gasteiger partial charge in [0.25, 0.3) is 0 Å². The van der Waals surface area contributed by atoms with Crippen LogP contribution in [0.5, 0.6) is 0 Å². The Balaban J connectivity index is 1.98. The molecule has 82 valence electrons. The lowest BCUT2D eigenvalue weighted by Crippen LogP contribution is -2.25. The summed E-state index contributed by atoms with van der Waals surface area (Å²) in [6.07, 6.45) is 3.57. The minimum absolute atomic E-state index is 0.385. The molecule has 5 heteroatoms. The fourth-order valence-electron chi connectivity index (χ4n) is 1.94. The van der Waals surface area contributed by atoms with Crippen molar-refractivity contribution in [2.24, 2.45) is 5.92 Å². The van der Waals surface area contributed by atoms with Crippen molar-refractivity contribution in [3.05, 3.63) is 18.2 Å². The fraction of sp³-hybridized carbons (Fsp3) is 0.600. The maximum atomic E-state index is 12.6. The number of nitrogens with one attached hydrogen (secondary N) is 1. The van der Waals surface area contributed by atoms with Crippen LogP contribution in [0.4, 0.5) is 10.3 Å². The Hall–Kier alpha value is -1.23. The Morgan fingerprint density at radius 1 is 1.53 bits per heavy atom. The van der Waals surface area contributed by atoms with Crippen molar-refractivity contribution in [1.29, 1.82) is 0 Å². The first-order chi connectivity index (χ1) is 7.29. The first kappa shape index (κ1) is 10.3. The predicted octanol–water partition coefficient (Wildman–Crippen LogP) is 0.661. The fourth-order valence-corrected chi connectivity index (χ4v) is 1.94. The van der Waals surface area contributed by atoms with E-state index in [0.29, 0.717) is 11.9 Å². The van der Waals surface area contributed by atoms with E-state index < -0.39 is 0 Å². The summed E-state index contributed by atoms with van der Waals surface area (Å²) in [5.41, 5.74) is 0. The third kappa shape index (κ3) is 2.41. The lowest BCUT2D eigenvalue weighted by Gasteiger charge is -2.15. The van der Waals surface area contributed by atoms with Gasteiger partial charge in [-0.2, -0.15) is 0 Å². The van der Waals surface area contributed by atoms with Gasteiger partial charge in [-0.15, -0.1) is 0 Å². The zero-order chi connectivity index (χ0) is 10.7. The molecule has 15 heavy (non-hydrogen) atoms. The number of nitrogens with zero attached hydrogens (tertiary/aromatic N) is 3. The highest BCUT2D eigenvalue weighted by atomic mass is 19.1. The monoisotopic (exact) mass is 210 g/mol. The molecule has 1 saturated heterocycles. The second-order valence-electron chi connectivity index (χ2n) is 3.86. The summed E-state index contributed by atoms with van der Waals surface area (Å²) in [5, 5.41) is 3.16. The number of hydrogen-bond acceptors (Lipinski definition) is 4. The third-order valence-corrected chi connectivity index (χ3v) is 2.67. The van der Waals surface area contributed by atoms with E-state index in [-0.39, 0.29) is 5.82 Å². The Morgan fingerprint density at radius 3 is 2.93 bits per heavy atom. The first-order valence-corrected chi connectivity index (χ1v) is 5.16. The van der Waals surface area contributed by atoms with Gasteiger partial charge in [0.1, 0.15) is 0 Å². The summed E-state index contributed by atoms with van der Waals surface area (Å²) in [6.45, 7) is 2.92. The Kier molecular flexibility index (Phi) is 3.11. The van der Waals surface area contributed by atoms with Crippen LogP contribution in [0.25, 0.3) is 0 Å². The average Bonchev–Trinajstić information content (AvgIpc) is 2.68. The van der Waals surface area contributed by atoms with Crippen LogP contribution in [0.15, 0.2) is 12.4 Å². The van der Waals surface area contributed by atoms with Gasteiger partial charge in [0.05, 0.1) is 12.4 Å². The second-order valence-corrected chi connectivity index (χ2v) is 3.86. The number of halogens is 1. The van der Waals surface area contributed by atoms with Crippen LogP contribution in [0, 0.1) is 11.7 Å². The van der Waals surface area contributed by atoms with E-state index in [1.165, 1.54) is 12.4 Å². The van der Waals surface area contributed by atoms with Gasteiger partial charge in [-0.1, -0.05) is 0 Å². The van der Waals surface area contributed by atoms with Crippen molar-refractivity contribution in [1.82, 2.24) is 15.3 Å². The standard InChI is InChI=1S/C10H15FN4/c1-12-4-8-2-3-15(7-8)10-13-5-9(11)6-14-10/h5-6,8,12H,2-4,7H2,1H3. The highest BCUT2D eigenvalue weighted by molar-refractivity contribution is 5.30. The molecule has 1 aliphatic rings. The van der Waals surface area contributed by atoms with Crippen molar-refractivity contribution < 1.29 is 4.39 Å². The molecule has 0 aromatic carbocycles. The van der Waals surface area contributed by atoms with Crippen LogP contribution in [-0.2, 0) is 0 Å². The quantitative estimate of drug-likeness (QED) is 0.795. The molecule has 0 spiro atoms. The predicted molar refractivity (Wildman–Crippen MR) is 56.2 cm³/mol. The SMILES string of the molecule is CNCC1CCN(c2ncc(F)cn2)C1. The van der Waals surface area contributed by atoms with E-state index in [1.54, 1.807) is 0 Å². The highest BCUT2D eigenvalue weighted by Gasteiger charge is 2.23. The summed E-state index contributed by atoms with van der Waals surface area (Å²) in [7, 11) is 1.96. The molecule has 2 heterocycles. The van der Waals surface area contributed by atoms with Gasteiger partial charge in [-0.25, -0.2) is 14.4 Å². The van der Waals surface area contributed by atoms with E-state index in [2.05, 4.69) is 20.2 Å². The van der Waals surface area contributed by atoms with Gasteiger partial charge in [0.15, 0.2) is 5.82 Å².